The number of hydrogen-bond acceptors (Lipinski definition) is 2. The number of allylic oxidation sites excluding steroid dienone is 1. The van der Waals surface area contributed by atoms with Crippen molar-refractivity contribution in [1.29, 1.82) is 0 Å². The van der Waals surface area contributed by atoms with E-state index in [4.69, 9.17) is 4.74 Å². The molecule has 0 saturated carbocycles. The summed E-state index contributed by atoms with van der Waals surface area (Å²) in [6, 6.07) is 0. The van der Waals surface area contributed by atoms with Gasteiger partial charge in [-0.05, 0) is 33.3 Å². The van der Waals surface area contributed by atoms with E-state index in [0.29, 0.717) is 25.2 Å². The van der Waals surface area contributed by atoms with E-state index >= 15 is 0 Å². The van der Waals surface area contributed by atoms with E-state index in [9.17, 15) is 4.79 Å². The number of carbonyl (C=O) groups excluding carboxylic acids is 1. The van der Waals surface area contributed by atoms with Gasteiger partial charge in [-0.15, -0.1) is 0 Å². The average Bonchev–Trinajstić information content (AvgIpc) is 2.24. The van der Waals surface area contributed by atoms with Gasteiger partial charge in [0.15, 0.2) is 0 Å². The van der Waals surface area contributed by atoms with Crippen LogP contribution >= 0.6 is 0 Å². The number of hydrogen-bond donors (Lipinski definition) is 0. The summed E-state index contributed by atoms with van der Waals surface area (Å²) in [6.07, 6.45) is 1.23. The highest BCUT2D eigenvalue weighted by Gasteiger charge is 2.20. The molecule has 0 atom stereocenters. The van der Waals surface area contributed by atoms with Crippen LogP contribution in [0.1, 0.15) is 40.5 Å². The van der Waals surface area contributed by atoms with Crippen LogP contribution in [0.3, 0.4) is 0 Å². The molecule has 0 aromatic carbocycles. The Morgan fingerprint density at radius 2 is 1.92 bits per heavy atom. The molecule has 1 rings (SSSR count). The summed E-state index contributed by atoms with van der Waals surface area (Å²) in [7, 11) is 0. The maximum Gasteiger partial charge on any atom is 0.141 e. The molecule has 74 valence electrons. The van der Waals surface area contributed by atoms with Crippen molar-refractivity contribution in [1.82, 2.24) is 0 Å². The third kappa shape index (κ3) is 3.31. The van der Waals surface area contributed by atoms with E-state index in [1.165, 1.54) is 11.1 Å². The Labute approximate surface area is 80.0 Å². The highest BCUT2D eigenvalue weighted by Crippen LogP contribution is 2.24. The number of ketones is 1. The Bertz CT molecular complexity index is 243. The van der Waals surface area contributed by atoms with Gasteiger partial charge < -0.3 is 4.74 Å². The van der Waals surface area contributed by atoms with Gasteiger partial charge in [-0.1, -0.05) is 5.57 Å². The Morgan fingerprint density at radius 1 is 1.31 bits per heavy atom. The van der Waals surface area contributed by atoms with E-state index in [2.05, 4.69) is 0 Å². The van der Waals surface area contributed by atoms with E-state index < -0.39 is 0 Å². The van der Waals surface area contributed by atoms with Gasteiger partial charge in [0.05, 0.1) is 12.2 Å². The van der Waals surface area contributed by atoms with Crippen LogP contribution in [-0.2, 0) is 9.53 Å². The summed E-state index contributed by atoms with van der Waals surface area (Å²) >= 11 is 0. The molecule has 0 aromatic heterocycles. The molecule has 0 heterocycles. The Hall–Kier alpha value is -0.630. The fourth-order valence-corrected chi connectivity index (χ4v) is 1.35. The lowest BCUT2D eigenvalue weighted by Crippen LogP contribution is -2.20. The van der Waals surface area contributed by atoms with Gasteiger partial charge in [0.25, 0.3) is 0 Å². The first-order chi connectivity index (χ1) is 5.88. The summed E-state index contributed by atoms with van der Waals surface area (Å²) in [4.78, 5) is 11.1. The number of carbonyl (C=O) groups is 1. The van der Waals surface area contributed by atoms with Gasteiger partial charge in [-0.25, -0.2) is 0 Å². The van der Waals surface area contributed by atoms with Crippen molar-refractivity contribution in [3.05, 3.63) is 11.1 Å². The van der Waals surface area contributed by atoms with Gasteiger partial charge in [-0.3, -0.25) is 4.79 Å². The number of rotatable bonds is 2. The third-order valence-corrected chi connectivity index (χ3v) is 2.16. The summed E-state index contributed by atoms with van der Waals surface area (Å²) in [6.45, 7) is 8.71. The van der Waals surface area contributed by atoms with Crippen LogP contribution in [0.4, 0.5) is 0 Å². The molecule has 0 N–H and O–H groups in total. The monoisotopic (exact) mass is 182 g/mol. The van der Waals surface area contributed by atoms with Crippen LogP contribution in [0.5, 0.6) is 0 Å². The summed E-state index contributed by atoms with van der Waals surface area (Å²) in [5.74, 6) is 0.324. The maximum absolute atomic E-state index is 11.1. The largest absolute Gasteiger partial charge is 0.372 e. The molecule has 13 heavy (non-hydrogen) atoms. The highest BCUT2D eigenvalue weighted by molar-refractivity contribution is 5.86. The van der Waals surface area contributed by atoms with E-state index in [-0.39, 0.29) is 5.60 Å². The molecule has 2 nitrogen and oxygen atoms in total. The van der Waals surface area contributed by atoms with E-state index in [1.54, 1.807) is 0 Å². The molecule has 1 aliphatic carbocycles. The Morgan fingerprint density at radius 3 is 2.31 bits per heavy atom. The zero-order chi connectivity index (χ0) is 10.1. The lowest BCUT2D eigenvalue weighted by atomic mass is 10.1. The second kappa shape index (κ2) is 3.62. The molecule has 0 saturated heterocycles. The first-order valence-electron chi connectivity index (χ1n) is 4.71. The third-order valence-electron chi connectivity index (χ3n) is 2.16. The van der Waals surface area contributed by atoms with Crippen molar-refractivity contribution >= 4 is 5.78 Å². The summed E-state index contributed by atoms with van der Waals surface area (Å²) in [5.41, 5.74) is 2.27. The van der Waals surface area contributed by atoms with E-state index in [0.717, 1.165) is 0 Å². The predicted molar refractivity (Wildman–Crippen MR) is 52.6 cm³/mol. The predicted octanol–water partition coefficient (Wildman–Crippen LogP) is 2.48. The zero-order valence-corrected chi connectivity index (χ0v) is 8.94. The number of ether oxygens (including phenoxy) is 1. The Kier molecular flexibility index (Phi) is 2.91. The molecule has 0 unspecified atom stereocenters. The van der Waals surface area contributed by atoms with Crippen molar-refractivity contribution in [2.75, 3.05) is 6.61 Å². The molecular formula is C11H18O2. The summed E-state index contributed by atoms with van der Waals surface area (Å²) < 4.78 is 5.62. The maximum atomic E-state index is 11.1. The standard InChI is InChI=1S/C11H18O2/c1-8-5-10(12)6-9(8)7-13-11(2,3)4/h5-7H2,1-4H3. The second-order valence-corrected chi connectivity index (χ2v) is 4.68. The first-order valence-corrected chi connectivity index (χ1v) is 4.71. The van der Waals surface area contributed by atoms with Crippen LogP contribution in [0, 0.1) is 0 Å². The quantitative estimate of drug-likeness (QED) is 0.613. The number of Topliss-reactive ketones (excluding diaryl/α,β-unsaturated/α-hetero) is 1. The van der Waals surface area contributed by atoms with Crippen molar-refractivity contribution in [2.24, 2.45) is 0 Å². The second-order valence-electron chi connectivity index (χ2n) is 4.68. The Balaban J connectivity index is 2.46. The first kappa shape index (κ1) is 10.5. The van der Waals surface area contributed by atoms with E-state index in [1.807, 2.05) is 27.7 Å². The molecule has 0 amide bonds. The minimum Gasteiger partial charge on any atom is -0.372 e. The van der Waals surface area contributed by atoms with Crippen molar-refractivity contribution in [3.8, 4) is 0 Å². The van der Waals surface area contributed by atoms with Gasteiger partial charge >= 0.3 is 0 Å². The van der Waals surface area contributed by atoms with Gasteiger partial charge in [0.2, 0.25) is 0 Å². The zero-order valence-electron chi connectivity index (χ0n) is 8.94. The minimum absolute atomic E-state index is 0.112. The fourth-order valence-electron chi connectivity index (χ4n) is 1.35. The lowest BCUT2D eigenvalue weighted by Gasteiger charge is -2.20. The van der Waals surface area contributed by atoms with Crippen molar-refractivity contribution in [3.63, 3.8) is 0 Å². The van der Waals surface area contributed by atoms with Crippen molar-refractivity contribution < 1.29 is 9.53 Å². The minimum atomic E-state index is -0.112. The normalized spacial score (nSPS) is 18.6. The fraction of sp³-hybridized carbons (Fsp3) is 0.727. The molecule has 2 heteroatoms. The lowest BCUT2D eigenvalue weighted by molar-refractivity contribution is -0.117. The SMILES string of the molecule is CC1=C(COC(C)(C)C)CC(=O)C1. The van der Waals surface area contributed by atoms with Gasteiger partial charge in [0.1, 0.15) is 5.78 Å². The molecule has 0 spiro atoms. The van der Waals surface area contributed by atoms with Crippen LogP contribution in [-0.4, -0.2) is 18.0 Å². The molecule has 0 radical (unpaired) electrons. The summed E-state index contributed by atoms with van der Waals surface area (Å²) in [5, 5.41) is 0. The molecule has 0 bridgehead atoms. The van der Waals surface area contributed by atoms with Crippen LogP contribution < -0.4 is 0 Å². The van der Waals surface area contributed by atoms with Crippen molar-refractivity contribution in [2.45, 2.75) is 46.1 Å². The molecule has 1 aliphatic rings. The highest BCUT2D eigenvalue weighted by atomic mass is 16.5. The smallest absolute Gasteiger partial charge is 0.141 e. The van der Waals surface area contributed by atoms with Crippen LogP contribution in [0.25, 0.3) is 0 Å². The molecule has 0 aromatic rings. The average molecular weight is 182 g/mol. The molecular weight excluding hydrogens is 164 g/mol. The van der Waals surface area contributed by atoms with Gasteiger partial charge in [-0.2, -0.15) is 0 Å². The van der Waals surface area contributed by atoms with Crippen LogP contribution in [0.2, 0.25) is 0 Å². The topological polar surface area (TPSA) is 26.3 Å². The molecule has 0 aliphatic heterocycles. The van der Waals surface area contributed by atoms with Gasteiger partial charge in [0, 0.05) is 12.8 Å². The molecule has 0 fully saturated rings. The van der Waals surface area contributed by atoms with Crippen LogP contribution in [0.15, 0.2) is 11.1 Å².